The van der Waals surface area contributed by atoms with Gasteiger partial charge in [-0.15, -0.1) is 0 Å². The van der Waals surface area contributed by atoms with E-state index >= 15 is 0 Å². The Bertz CT molecular complexity index is 507. The Hall–Kier alpha value is -2.04. The minimum absolute atomic E-state index is 0.174. The first kappa shape index (κ1) is 13.4. The molecule has 2 amide bonds. The van der Waals surface area contributed by atoms with Crippen molar-refractivity contribution in [1.29, 1.82) is 0 Å². The molecule has 0 spiro atoms. The van der Waals surface area contributed by atoms with Crippen molar-refractivity contribution in [1.82, 2.24) is 10.2 Å². The van der Waals surface area contributed by atoms with Crippen LogP contribution in [0.1, 0.15) is 33.6 Å². The number of ether oxygens (including phenoxy) is 1. The van der Waals surface area contributed by atoms with E-state index in [0.29, 0.717) is 16.9 Å². The topological polar surface area (TPSA) is 58.6 Å². The molecule has 5 nitrogen and oxygen atoms in total. The molecule has 1 aliphatic rings. The van der Waals surface area contributed by atoms with Gasteiger partial charge in [-0.1, -0.05) is 6.07 Å². The van der Waals surface area contributed by atoms with Crippen LogP contribution in [0.25, 0.3) is 0 Å². The number of amides is 2. The predicted molar refractivity (Wildman–Crippen MR) is 71.5 cm³/mol. The second-order valence-corrected chi connectivity index (χ2v) is 4.77. The second-order valence-electron chi connectivity index (χ2n) is 4.77. The Morgan fingerprint density at radius 1 is 1.32 bits per heavy atom. The molecule has 0 radical (unpaired) electrons. The van der Waals surface area contributed by atoms with Crippen molar-refractivity contribution >= 4 is 11.8 Å². The van der Waals surface area contributed by atoms with Crippen LogP contribution in [0.15, 0.2) is 18.2 Å². The summed E-state index contributed by atoms with van der Waals surface area (Å²) < 4.78 is 5.72. The number of carbonyl (C=O) groups excluding carboxylic acids is 2. The molecule has 19 heavy (non-hydrogen) atoms. The van der Waals surface area contributed by atoms with E-state index in [1.807, 2.05) is 0 Å². The van der Waals surface area contributed by atoms with E-state index in [-0.39, 0.29) is 17.9 Å². The smallest absolute Gasteiger partial charge is 0.255 e. The fourth-order valence-corrected chi connectivity index (χ4v) is 1.77. The zero-order chi connectivity index (χ0) is 14.0. The summed E-state index contributed by atoms with van der Waals surface area (Å²) in [5.41, 5.74) is 0.679. The Balaban J connectivity index is 2.45. The SMILES string of the molecule is CNC(=O)c1c(OC2CC2)cccc1C(=O)N(C)C. The second kappa shape index (κ2) is 5.30. The van der Waals surface area contributed by atoms with Gasteiger partial charge in [0.25, 0.3) is 11.8 Å². The standard InChI is InChI=1S/C14H18N2O3/c1-15-13(17)12-10(14(18)16(2)3)5-4-6-11(12)19-9-7-8-9/h4-6,9H,7-8H2,1-3H3,(H,15,17). The molecule has 0 bridgehead atoms. The molecular weight excluding hydrogens is 244 g/mol. The number of nitrogens with zero attached hydrogens (tertiary/aromatic N) is 1. The van der Waals surface area contributed by atoms with Gasteiger partial charge in [-0.3, -0.25) is 9.59 Å². The van der Waals surface area contributed by atoms with Gasteiger partial charge >= 0.3 is 0 Å². The fraction of sp³-hybridized carbons (Fsp3) is 0.429. The maximum absolute atomic E-state index is 12.1. The third kappa shape index (κ3) is 2.86. The number of hydrogen-bond donors (Lipinski definition) is 1. The van der Waals surface area contributed by atoms with E-state index in [1.165, 1.54) is 4.90 Å². The van der Waals surface area contributed by atoms with E-state index in [2.05, 4.69) is 5.32 Å². The van der Waals surface area contributed by atoms with Crippen LogP contribution in [0.4, 0.5) is 0 Å². The van der Waals surface area contributed by atoms with Crippen molar-refractivity contribution in [2.24, 2.45) is 0 Å². The molecule has 0 aromatic heterocycles. The molecule has 1 aromatic rings. The lowest BCUT2D eigenvalue weighted by Crippen LogP contribution is -2.27. The van der Waals surface area contributed by atoms with Gasteiger partial charge in [-0.25, -0.2) is 0 Å². The minimum Gasteiger partial charge on any atom is -0.490 e. The Morgan fingerprint density at radius 2 is 2.00 bits per heavy atom. The van der Waals surface area contributed by atoms with Crippen molar-refractivity contribution in [3.8, 4) is 5.75 Å². The number of hydrogen-bond acceptors (Lipinski definition) is 3. The molecule has 0 atom stereocenters. The van der Waals surface area contributed by atoms with Crippen LogP contribution in [-0.4, -0.2) is 44.0 Å². The lowest BCUT2D eigenvalue weighted by Gasteiger charge is -2.16. The average Bonchev–Trinajstić information content (AvgIpc) is 3.20. The van der Waals surface area contributed by atoms with Crippen molar-refractivity contribution in [3.63, 3.8) is 0 Å². The fourth-order valence-electron chi connectivity index (χ4n) is 1.77. The highest BCUT2D eigenvalue weighted by molar-refractivity contribution is 6.08. The molecule has 1 saturated carbocycles. The van der Waals surface area contributed by atoms with Gasteiger partial charge in [-0.2, -0.15) is 0 Å². The summed E-state index contributed by atoms with van der Waals surface area (Å²) in [6.45, 7) is 0. The van der Waals surface area contributed by atoms with Gasteiger partial charge in [0.05, 0.1) is 17.2 Å². The predicted octanol–water partition coefficient (Wildman–Crippen LogP) is 1.29. The summed E-state index contributed by atoms with van der Waals surface area (Å²) in [6, 6.07) is 5.11. The van der Waals surface area contributed by atoms with E-state index in [9.17, 15) is 9.59 Å². The maximum atomic E-state index is 12.1. The Labute approximate surface area is 112 Å². The lowest BCUT2D eigenvalue weighted by molar-refractivity contribution is 0.0817. The summed E-state index contributed by atoms with van der Waals surface area (Å²) in [4.78, 5) is 25.6. The number of benzene rings is 1. The van der Waals surface area contributed by atoms with E-state index < -0.39 is 0 Å². The molecule has 1 aliphatic carbocycles. The molecule has 0 heterocycles. The van der Waals surface area contributed by atoms with Gasteiger partial charge < -0.3 is 15.0 Å². The summed E-state index contributed by atoms with van der Waals surface area (Å²) in [6.07, 6.45) is 2.17. The lowest BCUT2D eigenvalue weighted by atomic mass is 10.0. The maximum Gasteiger partial charge on any atom is 0.255 e. The molecular formula is C14H18N2O3. The van der Waals surface area contributed by atoms with Crippen molar-refractivity contribution < 1.29 is 14.3 Å². The van der Waals surface area contributed by atoms with Gasteiger partial charge in [-0.05, 0) is 25.0 Å². The van der Waals surface area contributed by atoms with Crippen LogP contribution in [-0.2, 0) is 0 Å². The van der Waals surface area contributed by atoms with Crippen LogP contribution in [0, 0.1) is 0 Å². The van der Waals surface area contributed by atoms with Gasteiger partial charge in [0.2, 0.25) is 0 Å². The van der Waals surface area contributed by atoms with Crippen LogP contribution in [0.3, 0.4) is 0 Å². The van der Waals surface area contributed by atoms with Crippen LogP contribution >= 0.6 is 0 Å². The summed E-state index contributed by atoms with van der Waals surface area (Å²) in [5, 5.41) is 2.56. The van der Waals surface area contributed by atoms with Gasteiger partial charge in [0.15, 0.2) is 0 Å². The molecule has 0 aliphatic heterocycles. The highest BCUT2D eigenvalue weighted by Crippen LogP contribution is 2.31. The number of rotatable bonds is 4. The quantitative estimate of drug-likeness (QED) is 0.889. The molecule has 0 unspecified atom stereocenters. The Morgan fingerprint density at radius 3 is 2.53 bits per heavy atom. The van der Waals surface area contributed by atoms with E-state index in [0.717, 1.165) is 12.8 Å². The van der Waals surface area contributed by atoms with E-state index in [1.54, 1.807) is 39.3 Å². The zero-order valence-electron chi connectivity index (χ0n) is 11.4. The first-order valence-electron chi connectivity index (χ1n) is 6.28. The molecule has 1 aromatic carbocycles. The summed E-state index contributed by atoms with van der Waals surface area (Å²) >= 11 is 0. The molecule has 2 rings (SSSR count). The van der Waals surface area contributed by atoms with Crippen molar-refractivity contribution in [2.75, 3.05) is 21.1 Å². The van der Waals surface area contributed by atoms with E-state index in [4.69, 9.17) is 4.74 Å². The minimum atomic E-state index is -0.304. The first-order chi connectivity index (χ1) is 9.04. The largest absolute Gasteiger partial charge is 0.490 e. The third-order valence-electron chi connectivity index (χ3n) is 2.93. The highest BCUT2D eigenvalue weighted by atomic mass is 16.5. The molecule has 5 heteroatoms. The molecule has 1 N–H and O–H groups in total. The van der Waals surface area contributed by atoms with Crippen LogP contribution in [0.5, 0.6) is 5.75 Å². The van der Waals surface area contributed by atoms with Gasteiger partial charge in [0.1, 0.15) is 5.75 Å². The van der Waals surface area contributed by atoms with Crippen molar-refractivity contribution in [3.05, 3.63) is 29.3 Å². The van der Waals surface area contributed by atoms with Crippen LogP contribution in [0.2, 0.25) is 0 Å². The van der Waals surface area contributed by atoms with Crippen LogP contribution < -0.4 is 10.1 Å². The molecule has 1 fully saturated rings. The highest BCUT2D eigenvalue weighted by Gasteiger charge is 2.28. The normalized spacial score (nSPS) is 13.8. The van der Waals surface area contributed by atoms with Gasteiger partial charge in [0, 0.05) is 21.1 Å². The van der Waals surface area contributed by atoms with Crippen molar-refractivity contribution in [2.45, 2.75) is 18.9 Å². The zero-order valence-corrected chi connectivity index (χ0v) is 11.4. The number of nitrogens with one attached hydrogen (secondary N) is 1. The molecule has 0 saturated heterocycles. The summed E-state index contributed by atoms with van der Waals surface area (Å²) in [5.74, 6) is -0.0316. The number of carbonyl (C=O) groups is 2. The molecule has 102 valence electrons. The third-order valence-corrected chi connectivity index (χ3v) is 2.93. The average molecular weight is 262 g/mol. The summed E-state index contributed by atoms with van der Waals surface area (Å²) in [7, 11) is 4.86. The monoisotopic (exact) mass is 262 g/mol. The Kier molecular flexibility index (Phi) is 3.74. The first-order valence-corrected chi connectivity index (χ1v) is 6.28.